The summed E-state index contributed by atoms with van der Waals surface area (Å²) in [4.78, 5) is 2.44. The topological polar surface area (TPSA) is 41.3 Å². The van der Waals surface area contributed by atoms with Crippen LogP contribution in [0.15, 0.2) is 34.9 Å². The molecule has 1 aliphatic rings. The third kappa shape index (κ3) is 3.52. The van der Waals surface area contributed by atoms with Crippen LogP contribution in [0.4, 0.5) is 0 Å². The zero-order chi connectivity index (χ0) is 14.7. The van der Waals surface area contributed by atoms with Crippen LogP contribution in [0.25, 0.3) is 11.3 Å². The van der Waals surface area contributed by atoms with Gasteiger partial charge in [-0.15, -0.1) is 0 Å². The molecule has 0 spiro atoms. The minimum atomic E-state index is 0.666. The molecule has 0 aliphatic carbocycles. The number of aromatic nitrogens is 1. The van der Waals surface area contributed by atoms with E-state index in [9.17, 15) is 0 Å². The standard InChI is InChI=1S/C17H23N3O/c1-13-3-5-14(6-4-13)17-11-16(21-19-17)12-20-9-7-15(18-2)8-10-20/h3-6,11,15,18H,7-10,12H2,1-2H3. The van der Waals surface area contributed by atoms with Gasteiger partial charge in [-0.2, -0.15) is 0 Å². The Morgan fingerprint density at radius 3 is 2.62 bits per heavy atom. The second-order valence-corrected chi connectivity index (χ2v) is 5.88. The number of hydrogen-bond acceptors (Lipinski definition) is 4. The zero-order valence-corrected chi connectivity index (χ0v) is 12.8. The van der Waals surface area contributed by atoms with Gasteiger partial charge in [-0.05, 0) is 26.8 Å². The highest BCUT2D eigenvalue weighted by atomic mass is 16.5. The summed E-state index contributed by atoms with van der Waals surface area (Å²) in [5.74, 6) is 0.952. The van der Waals surface area contributed by atoms with Gasteiger partial charge in [0.1, 0.15) is 5.69 Å². The van der Waals surface area contributed by atoms with Crippen LogP contribution in [0.2, 0.25) is 0 Å². The zero-order valence-electron chi connectivity index (χ0n) is 12.8. The molecule has 0 atom stereocenters. The Hall–Kier alpha value is -1.65. The van der Waals surface area contributed by atoms with E-state index in [1.54, 1.807) is 0 Å². The average Bonchev–Trinajstić information content (AvgIpc) is 2.97. The van der Waals surface area contributed by atoms with Gasteiger partial charge >= 0.3 is 0 Å². The molecule has 1 aliphatic heterocycles. The summed E-state index contributed by atoms with van der Waals surface area (Å²) in [5.41, 5.74) is 3.30. The van der Waals surface area contributed by atoms with E-state index in [1.165, 1.54) is 18.4 Å². The lowest BCUT2D eigenvalue weighted by Gasteiger charge is -2.30. The lowest BCUT2D eigenvalue weighted by atomic mass is 10.1. The van der Waals surface area contributed by atoms with Gasteiger partial charge < -0.3 is 9.84 Å². The molecule has 0 amide bonds. The molecule has 1 aromatic carbocycles. The van der Waals surface area contributed by atoms with Gasteiger partial charge in [0.05, 0.1) is 6.54 Å². The maximum atomic E-state index is 5.50. The van der Waals surface area contributed by atoms with E-state index in [-0.39, 0.29) is 0 Å². The highest BCUT2D eigenvalue weighted by molar-refractivity contribution is 5.59. The van der Waals surface area contributed by atoms with Crippen LogP contribution in [-0.2, 0) is 6.54 Å². The van der Waals surface area contributed by atoms with Gasteiger partial charge in [0.25, 0.3) is 0 Å². The maximum absolute atomic E-state index is 5.50. The van der Waals surface area contributed by atoms with Crippen molar-refractivity contribution in [3.8, 4) is 11.3 Å². The van der Waals surface area contributed by atoms with Gasteiger partial charge in [0.2, 0.25) is 0 Å². The third-order valence-corrected chi connectivity index (χ3v) is 4.28. The Morgan fingerprint density at radius 1 is 1.24 bits per heavy atom. The summed E-state index contributed by atoms with van der Waals surface area (Å²) >= 11 is 0. The highest BCUT2D eigenvalue weighted by Gasteiger charge is 2.19. The molecule has 2 heterocycles. The molecule has 1 aromatic heterocycles. The Morgan fingerprint density at radius 2 is 1.95 bits per heavy atom. The second-order valence-electron chi connectivity index (χ2n) is 5.88. The maximum Gasteiger partial charge on any atom is 0.151 e. The lowest BCUT2D eigenvalue weighted by Crippen LogP contribution is -2.40. The first kappa shape index (κ1) is 14.3. The quantitative estimate of drug-likeness (QED) is 0.938. The molecule has 21 heavy (non-hydrogen) atoms. The number of nitrogens with zero attached hydrogens (tertiary/aromatic N) is 2. The van der Waals surface area contributed by atoms with Crippen molar-refractivity contribution in [1.29, 1.82) is 0 Å². The van der Waals surface area contributed by atoms with Crippen LogP contribution in [0.5, 0.6) is 0 Å². The van der Waals surface area contributed by atoms with Crippen LogP contribution in [0, 0.1) is 6.92 Å². The number of piperidine rings is 1. The molecule has 4 heteroatoms. The molecule has 4 nitrogen and oxygen atoms in total. The number of rotatable bonds is 4. The minimum Gasteiger partial charge on any atom is -0.359 e. The molecule has 3 rings (SSSR count). The first-order valence-corrected chi connectivity index (χ1v) is 7.67. The highest BCUT2D eigenvalue weighted by Crippen LogP contribution is 2.21. The fourth-order valence-corrected chi connectivity index (χ4v) is 2.85. The van der Waals surface area contributed by atoms with E-state index in [0.29, 0.717) is 6.04 Å². The average molecular weight is 285 g/mol. The number of nitrogens with one attached hydrogen (secondary N) is 1. The molecule has 1 saturated heterocycles. The van der Waals surface area contributed by atoms with Crippen LogP contribution < -0.4 is 5.32 Å². The first-order chi connectivity index (χ1) is 10.2. The minimum absolute atomic E-state index is 0.666. The summed E-state index contributed by atoms with van der Waals surface area (Å²) in [5, 5.41) is 7.55. The fraction of sp³-hybridized carbons (Fsp3) is 0.471. The van der Waals surface area contributed by atoms with Crippen molar-refractivity contribution in [2.24, 2.45) is 0 Å². The molecular weight excluding hydrogens is 262 g/mol. The predicted molar refractivity (Wildman–Crippen MR) is 84.0 cm³/mol. The normalized spacial score (nSPS) is 17.2. The van der Waals surface area contributed by atoms with Gasteiger partial charge in [-0.3, -0.25) is 4.90 Å². The van der Waals surface area contributed by atoms with Crippen molar-refractivity contribution >= 4 is 0 Å². The third-order valence-electron chi connectivity index (χ3n) is 4.28. The SMILES string of the molecule is CNC1CCN(Cc2cc(-c3ccc(C)cc3)no2)CC1. The Labute approximate surface area is 126 Å². The summed E-state index contributed by atoms with van der Waals surface area (Å²) in [7, 11) is 2.05. The summed E-state index contributed by atoms with van der Waals surface area (Å²) in [6.07, 6.45) is 2.41. The van der Waals surface area contributed by atoms with Crippen LogP contribution in [-0.4, -0.2) is 36.2 Å². The molecule has 1 fully saturated rings. The molecule has 0 radical (unpaired) electrons. The molecule has 2 aromatic rings. The van der Waals surface area contributed by atoms with E-state index < -0.39 is 0 Å². The van der Waals surface area contributed by atoms with Gasteiger partial charge in [-0.25, -0.2) is 0 Å². The van der Waals surface area contributed by atoms with Crippen molar-refractivity contribution in [2.75, 3.05) is 20.1 Å². The van der Waals surface area contributed by atoms with E-state index in [0.717, 1.165) is 36.7 Å². The molecule has 112 valence electrons. The molecule has 0 unspecified atom stereocenters. The number of likely N-dealkylation sites (tertiary alicyclic amines) is 1. The smallest absolute Gasteiger partial charge is 0.151 e. The summed E-state index contributed by atoms with van der Waals surface area (Å²) in [6, 6.07) is 11.1. The van der Waals surface area contributed by atoms with E-state index in [2.05, 4.69) is 52.6 Å². The number of benzene rings is 1. The van der Waals surface area contributed by atoms with E-state index >= 15 is 0 Å². The first-order valence-electron chi connectivity index (χ1n) is 7.67. The van der Waals surface area contributed by atoms with E-state index in [1.807, 2.05) is 7.05 Å². The van der Waals surface area contributed by atoms with Crippen LogP contribution >= 0.6 is 0 Å². The van der Waals surface area contributed by atoms with Crippen molar-refractivity contribution in [3.05, 3.63) is 41.7 Å². The van der Waals surface area contributed by atoms with Gasteiger partial charge in [0, 0.05) is 30.8 Å². The number of hydrogen-bond donors (Lipinski definition) is 1. The fourth-order valence-electron chi connectivity index (χ4n) is 2.85. The molecule has 0 bridgehead atoms. The van der Waals surface area contributed by atoms with Crippen molar-refractivity contribution in [2.45, 2.75) is 32.4 Å². The van der Waals surface area contributed by atoms with Gasteiger partial charge in [0.15, 0.2) is 5.76 Å². The van der Waals surface area contributed by atoms with Crippen LogP contribution in [0.3, 0.4) is 0 Å². The molecular formula is C17H23N3O. The van der Waals surface area contributed by atoms with Gasteiger partial charge in [-0.1, -0.05) is 35.0 Å². The Kier molecular flexibility index (Phi) is 4.36. The monoisotopic (exact) mass is 285 g/mol. The van der Waals surface area contributed by atoms with Crippen LogP contribution in [0.1, 0.15) is 24.2 Å². The molecule has 0 saturated carbocycles. The lowest BCUT2D eigenvalue weighted by molar-refractivity contribution is 0.176. The predicted octanol–water partition coefficient (Wildman–Crippen LogP) is 2.83. The largest absolute Gasteiger partial charge is 0.359 e. The Bertz CT molecular complexity index is 568. The van der Waals surface area contributed by atoms with Crippen molar-refractivity contribution in [1.82, 2.24) is 15.4 Å². The Balaban J connectivity index is 1.62. The van der Waals surface area contributed by atoms with E-state index in [4.69, 9.17) is 4.52 Å². The second kappa shape index (κ2) is 6.41. The summed E-state index contributed by atoms with van der Waals surface area (Å²) in [6.45, 7) is 5.18. The van der Waals surface area contributed by atoms with Crippen molar-refractivity contribution in [3.63, 3.8) is 0 Å². The summed E-state index contributed by atoms with van der Waals surface area (Å²) < 4.78 is 5.50. The van der Waals surface area contributed by atoms with Crippen molar-refractivity contribution < 1.29 is 4.52 Å². The number of aryl methyl sites for hydroxylation is 1. The molecule has 1 N–H and O–H groups in total.